The summed E-state index contributed by atoms with van der Waals surface area (Å²) in [5.74, 6) is 0.489. The van der Waals surface area contributed by atoms with Gasteiger partial charge in [-0.25, -0.2) is 5.43 Å². The van der Waals surface area contributed by atoms with E-state index in [1.54, 1.807) is 6.21 Å². The normalized spacial score (nSPS) is 12.0. The van der Waals surface area contributed by atoms with Crippen molar-refractivity contribution >= 4 is 57.1 Å². The van der Waals surface area contributed by atoms with Crippen LogP contribution in [0.15, 0.2) is 87.5 Å². The first kappa shape index (κ1) is 25.9. The number of rotatable bonds is 9. The number of aryl methyl sites for hydroxylation is 1. The Morgan fingerprint density at radius 3 is 2.69 bits per heavy atom. The number of benzene rings is 3. The number of aromatic nitrogens is 3. The Kier molecular flexibility index (Phi) is 8.79. The molecule has 0 fully saturated rings. The molecule has 0 saturated carbocycles. The molecule has 1 aromatic heterocycles. The zero-order valence-corrected chi connectivity index (χ0v) is 22.8. The summed E-state index contributed by atoms with van der Waals surface area (Å²) in [7, 11) is 0. The van der Waals surface area contributed by atoms with Gasteiger partial charge in [0, 0.05) is 20.9 Å². The van der Waals surface area contributed by atoms with Gasteiger partial charge in [-0.2, -0.15) is 5.10 Å². The van der Waals surface area contributed by atoms with E-state index in [4.69, 9.17) is 11.6 Å². The highest BCUT2D eigenvalue weighted by Crippen LogP contribution is 2.27. The van der Waals surface area contributed by atoms with E-state index in [1.165, 1.54) is 11.8 Å². The van der Waals surface area contributed by atoms with Crippen LogP contribution in [0.2, 0.25) is 5.02 Å². The Hall–Kier alpha value is -3.14. The van der Waals surface area contributed by atoms with Crippen LogP contribution in [0.4, 0.5) is 5.69 Å². The molecule has 2 N–H and O–H groups in total. The van der Waals surface area contributed by atoms with Crippen molar-refractivity contribution in [2.45, 2.75) is 30.8 Å². The molecule has 0 aliphatic carbocycles. The van der Waals surface area contributed by atoms with Gasteiger partial charge in [0.2, 0.25) is 0 Å². The molecule has 184 valence electrons. The molecule has 0 unspecified atom stereocenters. The summed E-state index contributed by atoms with van der Waals surface area (Å²) in [6.45, 7) is 4.26. The number of carbonyl (C=O) groups excluding carboxylic acids is 1. The van der Waals surface area contributed by atoms with Gasteiger partial charge in [0.25, 0.3) is 5.91 Å². The zero-order chi connectivity index (χ0) is 25.5. The third-order valence-electron chi connectivity index (χ3n) is 5.23. The van der Waals surface area contributed by atoms with E-state index in [0.29, 0.717) is 16.7 Å². The maximum atomic E-state index is 12.7. The number of carbonyl (C=O) groups is 1. The third-order valence-corrected chi connectivity index (χ3v) is 7.00. The lowest BCUT2D eigenvalue weighted by Gasteiger charge is -2.14. The van der Waals surface area contributed by atoms with Crippen LogP contribution in [0.3, 0.4) is 0 Å². The first-order chi connectivity index (χ1) is 17.4. The van der Waals surface area contributed by atoms with E-state index in [0.717, 1.165) is 32.8 Å². The molecule has 3 aromatic carbocycles. The predicted octanol–water partition coefficient (Wildman–Crippen LogP) is 6.23. The minimum Gasteiger partial charge on any atom is -0.378 e. The largest absolute Gasteiger partial charge is 0.378 e. The van der Waals surface area contributed by atoms with Crippen molar-refractivity contribution < 1.29 is 4.79 Å². The van der Waals surface area contributed by atoms with Crippen molar-refractivity contribution in [2.24, 2.45) is 5.10 Å². The number of nitrogens with one attached hydrogen (secondary N) is 2. The Morgan fingerprint density at radius 2 is 1.94 bits per heavy atom. The van der Waals surface area contributed by atoms with Crippen molar-refractivity contribution in [1.29, 1.82) is 0 Å². The SMILES string of the molecule is Cc1cc(Cl)ccc1NCc1nnc(S[C@@H](C)C(=O)NN=Cc2cccc(Br)c2)n1-c1ccccc1. The summed E-state index contributed by atoms with van der Waals surface area (Å²) in [5.41, 5.74) is 6.40. The van der Waals surface area contributed by atoms with Crippen molar-refractivity contribution in [2.75, 3.05) is 5.32 Å². The van der Waals surface area contributed by atoms with Gasteiger partial charge in [0.1, 0.15) is 0 Å². The van der Waals surface area contributed by atoms with Crippen molar-refractivity contribution in [3.05, 3.63) is 99.2 Å². The number of amides is 1. The van der Waals surface area contributed by atoms with E-state index in [-0.39, 0.29) is 5.91 Å². The molecular formula is C26H24BrClN6OS. The summed E-state index contributed by atoms with van der Waals surface area (Å²) in [6, 6.07) is 23.2. The molecule has 0 bridgehead atoms. The molecule has 0 saturated heterocycles. The number of para-hydroxylation sites is 1. The van der Waals surface area contributed by atoms with E-state index in [2.05, 4.69) is 42.0 Å². The topological polar surface area (TPSA) is 84.2 Å². The number of hydrazone groups is 1. The van der Waals surface area contributed by atoms with Crippen molar-refractivity contribution in [1.82, 2.24) is 20.2 Å². The fraction of sp³-hybridized carbons (Fsp3) is 0.154. The van der Waals surface area contributed by atoms with E-state index in [9.17, 15) is 4.79 Å². The van der Waals surface area contributed by atoms with Crippen LogP contribution in [0.1, 0.15) is 23.9 Å². The summed E-state index contributed by atoms with van der Waals surface area (Å²) >= 11 is 10.8. The molecule has 1 heterocycles. The molecule has 0 aliphatic heterocycles. The van der Waals surface area contributed by atoms with E-state index in [1.807, 2.05) is 91.2 Å². The molecule has 10 heteroatoms. The monoisotopic (exact) mass is 582 g/mol. The average molecular weight is 584 g/mol. The molecule has 4 rings (SSSR count). The van der Waals surface area contributed by atoms with Gasteiger partial charge in [-0.05, 0) is 67.4 Å². The van der Waals surface area contributed by atoms with E-state index >= 15 is 0 Å². The smallest absolute Gasteiger partial charge is 0.253 e. The second kappa shape index (κ2) is 12.2. The van der Waals surface area contributed by atoms with Crippen LogP contribution in [-0.4, -0.2) is 32.1 Å². The van der Waals surface area contributed by atoms with Gasteiger partial charge in [-0.1, -0.05) is 69.6 Å². The first-order valence-corrected chi connectivity index (χ1v) is 13.2. The summed E-state index contributed by atoms with van der Waals surface area (Å²) in [5, 5.41) is 17.2. The summed E-state index contributed by atoms with van der Waals surface area (Å²) in [6.07, 6.45) is 1.61. The fourth-order valence-corrected chi connectivity index (χ4v) is 4.91. The van der Waals surface area contributed by atoms with Crippen LogP contribution in [0.5, 0.6) is 0 Å². The number of anilines is 1. The quantitative estimate of drug-likeness (QED) is 0.139. The zero-order valence-electron chi connectivity index (χ0n) is 19.7. The molecule has 0 spiro atoms. The third kappa shape index (κ3) is 6.75. The summed E-state index contributed by atoms with van der Waals surface area (Å²) in [4.78, 5) is 12.7. The Bertz CT molecular complexity index is 1380. The first-order valence-electron chi connectivity index (χ1n) is 11.2. The highest BCUT2D eigenvalue weighted by Gasteiger charge is 2.21. The van der Waals surface area contributed by atoms with Crippen LogP contribution in [0, 0.1) is 6.92 Å². The van der Waals surface area contributed by atoms with Crippen molar-refractivity contribution in [3.8, 4) is 5.69 Å². The molecular weight excluding hydrogens is 560 g/mol. The molecule has 0 radical (unpaired) electrons. The molecule has 1 amide bonds. The Balaban J connectivity index is 1.48. The maximum absolute atomic E-state index is 12.7. The van der Waals surface area contributed by atoms with Gasteiger partial charge in [-0.15, -0.1) is 10.2 Å². The average Bonchev–Trinajstić information content (AvgIpc) is 3.26. The second-order valence-electron chi connectivity index (χ2n) is 7.93. The number of thioether (sulfide) groups is 1. The highest BCUT2D eigenvalue weighted by atomic mass is 79.9. The maximum Gasteiger partial charge on any atom is 0.253 e. The highest BCUT2D eigenvalue weighted by molar-refractivity contribution is 9.10. The standard InChI is InChI=1S/C26H24BrClN6OS/c1-17-13-21(28)11-12-23(17)29-16-24-31-33-26(34(24)22-9-4-3-5-10-22)36-18(2)25(35)32-30-15-19-7-6-8-20(27)14-19/h3-15,18,29H,16H2,1-2H3,(H,32,35)/t18-/m0/s1. The molecule has 4 aromatic rings. The predicted molar refractivity (Wildman–Crippen MR) is 150 cm³/mol. The van der Waals surface area contributed by atoms with Crippen molar-refractivity contribution in [3.63, 3.8) is 0 Å². The van der Waals surface area contributed by atoms with Gasteiger partial charge >= 0.3 is 0 Å². The number of halogens is 2. The number of hydrogen-bond acceptors (Lipinski definition) is 6. The Labute approximate surface area is 227 Å². The van der Waals surface area contributed by atoms with Gasteiger partial charge in [0.05, 0.1) is 18.0 Å². The van der Waals surface area contributed by atoms with Crippen LogP contribution < -0.4 is 10.7 Å². The van der Waals surface area contributed by atoms with Gasteiger partial charge < -0.3 is 5.32 Å². The fourth-order valence-electron chi connectivity index (χ4n) is 3.39. The van der Waals surface area contributed by atoms with Gasteiger partial charge in [-0.3, -0.25) is 9.36 Å². The number of nitrogens with zero attached hydrogens (tertiary/aromatic N) is 4. The lowest BCUT2D eigenvalue weighted by Crippen LogP contribution is -2.27. The van der Waals surface area contributed by atoms with Gasteiger partial charge in [0.15, 0.2) is 11.0 Å². The molecule has 0 aliphatic rings. The molecule has 7 nitrogen and oxygen atoms in total. The summed E-state index contributed by atoms with van der Waals surface area (Å²) < 4.78 is 2.90. The van der Waals surface area contributed by atoms with Crippen LogP contribution in [-0.2, 0) is 11.3 Å². The lowest BCUT2D eigenvalue weighted by molar-refractivity contribution is -0.120. The van der Waals surface area contributed by atoms with E-state index < -0.39 is 5.25 Å². The Morgan fingerprint density at radius 1 is 1.14 bits per heavy atom. The van der Waals surface area contributed by atoms with Crippen LogP contribution >= 0.6 is 39.3 Å². The minimum absolute atomic E-state index is 0.231. The molecule has 36 heavy (non-hydrogen) atoms. The minimum atomic E-state index is -0.448. The van der Waals surface area contributed by atoms with Crippen LogP contribution in [0.25, 0.3) is 5.69 Å². The lowest BCUT2D eigenvalue weighted by atomic mass is 10.2. The number of hydrogen-bond donors (Lipinski definition) is 2. The molecule has 1 atom stereocenters. The second-order valence-corrected chi connectivity index (χ2v) is 10.6.